The van der Waals surface area contributed by atoms with Gasteiger partial charge in [-0.3, -0.25) is 13.9 Å². The lowest BCUT2D eigenvalue weighted by molar-refractivity contribution is -0.141. The van der Waals surface area contributed by atoms with Crippen molar-refractivity contribution in [2.24, 2.45) is 0 Å². The molecule has 0 fully saturated rings. The number of aryl methyl sites for hydroxylation is 2. The fourth-order valence-electron chi connectivity index (χ4n) is 4.61. The van der Waals surface area contributed by atoms with E-state index in [1.807, 2.05) is 65.8 Å². The topological polar surface area (TPSA) is 105 Å². The number of rotatable bonds is 12. The first-order chi connectivity index (χ1) is 20.2. The lowest BCUT2D eigenvalue weighted by Gasteiger charge is -2.35. The highest BCUT2D eigenvalue weighted by Crippen LogP contribution is 2.34. The van der Waals surface area contributed by atoms with E-state index in [1.54, 1.807) is 24.3 Å². The van der Waals surface area contributed by atoms with E-state index in [0.29, 0.717) is 17.9 Å². The Balaban J connectivity index is 2.12. The van der Waals surface area contributed by atoms with E-state index in [9.17, 15) is 18.0 Å². The summed E-state index contributed by atoms with van der Waals surface area (Å²) in [6, 6.07) is 18.0. The van der Waals surface area contributed by atoms with Crippen molar-refractivity contribution in [1.29, 1.82) is 0 Å². The Morgan fingerprint density at radius 3 is 1.93 bits per heavy atom. The number of sulfonamides is 1. The smallest absolute Gasteiger partial charge is 0.264 e. The number of nitrogens with one attached hydrogen (secondary N) is 1. The lowest BCUT2D eigenvalue weighted by Crippen LogP contribution is -2.55. The molecule has 3 rings (SSSR count). The zero-order valence-electron chi connectivity index (χ0n) is 26.3. The predicted molar refractivity (Wildman–Crippen MR) is 169 cm³/mol. The van der Waals surface area contributed by atoms with Crippen molar-refractivity contribution < 1.29 is 27.5 Å². The van der Waals surface area contributed by atoms with Gasteiger partial charge in [-0.25, -0.2) is 8.42 Å². The first-order valence-electron chi connectivity index (χ1n) is 14.2. The fraction of sp³-hybridized carbons (Fsp3) is 0.394. The predicted octanol–water partition coefficient (Wildman–Crippen LogP) is 5.24. The Bertz CT molecular complexity index is 1510. The number of hydrogen-bond donors (Lipinski definition) is 1. The van der Waals surface area contributed by atoms with Crippen LogP contribution in [0.1, 0.15) is 50.8 Å². The second-order valence-electron chi connectivity index (χ2n) is 11.5. The standard InChI is InChI=1S/C33H43N3O6S/c1-9-28(32(38)34-33(4,5)6)35(21-25-14-10-23(2)11-15-25)31(37)22-36(26-16-19-29(41-7)30(20-26)42-8)43(39,40)27-17-12-24(3)13-18-27/h10-20,28H,9,21-22H2,1-8H3,(H,34,38)/t28-/m0/s1. The highest BCUT2D eigenvalue weighted by atomic mass is 32.2. The third-order valence-electron chi connectivity index (χ3n) is 6.90. The minimum atomic E-state index is -4.22. The molecule has 0 aliphatic rings. The van der Waals surface area contributed by atoms with Gasteiger partial charge < -0.3 is 19.7 Å². The van der Waals surface area contributed by atoms with Gasteiger partial charge in [0, 0.05) is 18.2 Å². The monoisotopic (exact) mass is 609 g/mol. The zero-order valence-corrected chi connectivity index (χ0v) is 27.1. The maximum atomic E-state index is 14.3. The number of ether oxygens (including phenoxy) is 2. The average Bonchev–Trinajstić information content (AvgIpc) is 2.95. The van der Waals surface area contributed by atoms with Crippen molar-refractivity contribution in [1.82, 2.24) is 10.2 Å². The molecule has 1 N–H and O–H groups in total. The number of anilines is 1. The normalized spacial score (nSPS) is 12.3. The summed E-state index contributed by atoms with van der Waals surface area (Å²) in [7, 11) is -1.28. The van der Waals surface area contributed by atoms with Gasteiger partial charge in [0.25, 0.3) is 10.0 Å². The third kappa shape index (κ3) is 8.50. The first-order valence-corrected chi connectivity index (χ1v) is 15.6. The number of carbonyl (C=O) groups is 2. The van der Waals surface area contributed by atoms with Crippen LogP contribution in [0.3, 0.4) is 0 Å². The van der Waals surface area contributed by atoms with E-state index in [-0.39, 0.29) is 23.0 Å². The number of carbonyl (C=O) groups excluding carboxylic acids is 2. The Hall–Kier alpha value is -4.05. The van der Waals surface area contributed by atoms with Crippen LogP contribution in [0.4, 0.5) is 5.69 Å². The summed E-state index contributed by atoms with van der Waals surface area (Å²) in [5.41, 5.74) is 2.47. The maximum Gasteiger partial charge on any atom is 0.264 e. The van der Waals surface area contributed by atoms with Crippen LogP contribution in [-0.4, -0.2) is 57.5 Å². The van der Waals surface area contributed by atoms with Gasteiger partial charge in [0.2, 0.25) is 11.8 Å². The van der Waals surface area contributed by atoms with Gasteiger partial charge in [-0.05, 0) is 70.9 Å². The molecule has 0 aromatic heterocycles. The van der Waals surface area contributed by atoms with Crippen molar-refractivity contribution in [3.8, 4) is 11.5 Å². The molecule has 0 bridgehead atoms. The van der Waals surface area contributed by atoms with E-state index in [2.05, 4.69) is 5.32 Å². The molecular weight excluding hydrogens is 566 g/mol. The molecule has 43 heavy (non-hydrogen) atoms. The molecule has 3 aromatic carbocycles. The van der Waals surface area contributed by atoms with Gasteiger partial charge in [0.15, 0.2) is 11.5 Å². The average molecular weight is 610 g/mol. The molecule has 3 aromatic rings. The van der Waals surface area contributed by atoms with Crippen LogP contribution in [0.5, 0.6) is 11.5 Å². The van der Waals surface area contributed by atoms with Crippen molar-refractivity contribution in [2.45, 2.75) is 71.0 Å². The van der Waals surface area contributed by atoms with Crippen molar-refractivity contribution >= 4 is 27.5 Å². The van der Waals surface area contributed by atoms with Crippen LogP contribution < -0.4 is 19.1 Å². The number of amides is 2. The maximum absolute atomic E-state index is 14.3. The minimum absolute atomic E-state index is 0.0308. The van der Waals surface area contributed by atoms with E-state index in [1.165, 1.54) is 37.3 Å². The van der Waals surface area contributed by atoms with E-state index >= 15 is 0 Å². The first kappa shape index (κ1) is 33.5. The summed E-state index contributed by atoms with van der Waals surface area (Å²) in [6.45, 7) is 10.9. The van der Waals surface area contributed by atoms with Crippen LogP contribution in [0.15, 0.2) is 71.6 Å². The van der Waals surface area contributed by atoms with Crippen molar-refractivity contribution in [3.05, 3.63) is 83.4 Å². The van der Waals surface area contributed by atoms with Gasteiger partial charge in [0.1, 0.15) is 12.6 Å². The van der Waals surface area contributed by atoms with Crippen LogP contribution in [0, 0.1) is 13.8 Å². The highest BCUT2D eigenvalue weighted by molar-refractivity contribution is 7.92. The molecule has 0 radical (unpaired) electrons. The quantitative estimate of drug-likeness (QED) is 0.301. The van der Waals surface area contributed by atoms with Crippen LogP contribution >= 0.6 is 0 Å². The Labute approximate surface area is 255 Å². The van der Waals surface area contributed by atoms with Crippen molar-refractivity contribution in [3.63, 3.8) is 0 Å². The Kier molecular flexibility index (Phi) is 10.9. The molecule has 10 heteroatoms. The van der Waals surface area contributed by atoms with Gasteiger partial charge in [-0.15, -0.1) is 0 Å². The van der Waals surface area contributed by atoms with Crippen molar-refractivity contribution in [2.75, 3.05) is 25.1 Å². The van der Waals surface area contributed by atoms with E-state index in [4.69, 9.17) is 9.47 Å². The molecule has 2 amide bonds. The number of benzene rings is 3. The van der Waals surface area contributed by atoms with E-state index in [0.717, 1.165) is 21.0 Å². The SMILES string of the molecule is CC[C@@H](C(=O)NC(C)(C)C)N(Cc1ccc(C)cc1)C(=O)CN(c1ccc(OC)c(OC)c1)S(=O)(=O)c1ccc(C)cc1. The summed E-state index contributed by atoms with van der Waals surface area (Å²) in [6.07, 6.45) is 0.334. The molecule has 0 spiro atoms. The Morgan fingerprint density at radius 2 is 1.42 bits per heavy atom. The van der Waals surface area contributed by atoms with Gasteiger partial charge in [0.05, 0.1) is 24.8 Å². The summed E-state index contributed by atoms with van der Waals surface area (Å²) < 4.78 is 40.1. The molecular formula is C33H43N3O6S. The minimum Gasteiger partial charge on any atom is -0.493 e. The summed E-state index contributed by atoms with van der Waals surface area (Å²) in [5.74, 6) is -0.114. The largest absolute Gasteiger partial charge is 0.493 e. The van der Waals surface area contributed by atoms with Crippen LogP contribution in [0.2, 0.25) is 0 Å². The number of hydrogen-bond acceptors (Lipinski definition) is 6. The van der Waals surface area contributed by atoms with Crippen LogP contribution in [0.25, 0.3) is 0 Å². The van der Waals surface area contributed by atoms with Crippen LogP contribution in [-0.2, 0) is 26.2 Å². The van der Waals surface area contributed by atoms with Gasteiger partial charge >= 0.3 is 0 Å². The third-order valence-corrected chi connectivity index (χ3v) is 8.69. The number of methoxy groups -OCH3 is 2. The summed E-state index contributed by atoms with van der Waals surface area (Å²) >= 11 is 0. The summed E-state index contributed by atoms with van der Waals surface area (Å²) in [4.78, 5) is 29.2. The molecule has 0 aliphatic carbocycles. The lowest BCUT2D eigenvalue weighted by atomic mass is 10.1. The molecule has 232 valence electrons. The fourth-order valence-corrected chi connectivity index (χ4v) is 6.01. The van der Waals surface area contributed by atoms with Gasteiger partial charge in [-0.1, -0.05) is 54.4 Å². The molecule has 1 atom stereocenters. The second kappa shape index (κ2) is 13.9. The second-order valence-corrected chi connectivity index (χ2v) is 13.4. The van der Waals surface area contributed by atoms with Gasteiger partial charge in [-0.2, -0.15) is 0 Å². The molecule has 0 saturated heterocycles. The van der Waals surface area contributed by atoms with E-state index < -0.39 is 34.1 Å². The number of nitrogens with zero attached hydrogens (tertiary/aromatic N) is 2. The molecule has 0 heterocycles. The zero-order chi connectivity index (χ0) is 31.9. The molecule has 0 aliphatic heterocycles. The molecule has 9 nitrogen and oxygen atoms in total. The molecule has 0 saturated carbocycles. The summed E-state index contributed by atoms with van der Waals surface area (Å²) in [5, 5.41) is 2.98. The highest BCUT2D eigenvalue weighted by Gasteiger charge is 2.35. The molecule has 0 unspecified atom stereocenters. The Morgan fingerprint density at radius 1 is 0.860 bits per heavy atom.